The number of hydrogen-bond acceptors (Lipinski definition) is 6. The number of unbranched alkanes of at least 4 members (excludes halogenated alkanes) is 15. The third kappa shape index (κ3) is 49.0. The lowest BCUT2D eigenvalue weighted by Crippen LogP contribution is -2.30. The molecule has 0 aliphatic carbocycles. The Labute approximate surface area is 387 Å². The van der Waals surface area contributed by atoms with Crippen molar-refractivity contribution < 1.29 is 28.6 Å². The van der Waals surface area contributed by atoms with E-state index in [1.807, 2.05) is 0 Å². The molecule has 0 amide bonds. The van der Waals surface area contributed by atoms with Crippen LogP contribution in [0.2, 0.25) is 0 Å². The molecule has 0 aromatic rings. The lowest BCUT2D eigenvalue weighted by Gasteiger charge is -2.18. The molecule has 356 valence electrons. The molecule has 63 heavy (non-hydrogen) atoms. The van der Waals surface area contributed by atoms with Crippen LogP contribution in [0.15, 0.2) is 109 Å². The summed E-state index contributed by atoms with van der Waals surface area (Å²) in [5.74, 6) is -0.992. The van der Waals surface area contributed by atoms with E-state index in [4.69, 9.17) is 14.2 Å². The summed E-state index contributed by atoms with van der Waals surface area (Å²) in [6.45, 7) is 6.29. The first-order valence-electron chi connectivity index (χ1n) is 25.4. The maximum absolute atomic E-state index is 12.8. The summed E-state index contributed by atoms with van der Waals surface area (Å²) in [4.78, 5) is 37.9. The second-order valence-corrected chi connectivity index (χ2v) is 16.3. The number of rotatable bonds is 44. The van der Waals surface area contributed by atoms with E-state index in [2.05, 4.69) is 130 Å². The van der Waals surface area contributed by atoms with Gasteiger partial charge in [-0.15, -0.1) is 0 Å². The summed E-state index contributed by atoms with van der Waals surface area (Å²) in [7, 11) is 0. The molecule has 0 bridgehead atoms. The normalized spacial score (nSPS) is 13.0. The quantitative estimate of drug-likeness (QED) is 0.0263. The average molecular weight is 873 g/mol. The van der Waals surface area contributed by atoms with Gasteiger partial charge in [-0.05, 0) is 122 Å². The van der Waals surface area contributed by atoms with Gasteiger partial charge in [0, 0.05) is 19.3 Å². The number of hydrogen-bond donors (Lipinski definition) is 0. The van der Waals surface area contributed by atoms with Gasteiger partial charge in [-0.1, -0.05) is 182 Å². The third-order valence-electron chi connectivity index (χ3n) is 10.2. The number of carbonyl (C=O) groups excluding carboxylic acids is 3. The van der Waals surface area contributed by atoms with E-state index in [-0.39, 0.29) is 31.1 Å². The molecule has 0 saturated heterocycles. The van der Waals surface area contributed by atoms with Crippen LogP contribution < -0.4 is 0 Å². The van der Waals surface area contributed by atoms with Crippen LogP contribution >= 0.6 is 0 Å². The predicted molar refractivity (Wildman–Crippen MR) is 270 cm³/mol. The molecule has 0 fully saturated rings. The Bertz CT molecular complexity index is 1330. The molecule has 0 saturated carbocycles. The Hall–Kier alpha value is -3.93. The first-order chi connectivity index (χ1) is 31.0. The molecule has 0 aliphatic heterocycles. The van der Waals surface area contributed by atoms with E-state index in [9.17, 15) is 14.4 Å². The van der Waals surface area contributed by atoms with Crippen molar-refractivity contribution in [3.8, 4) is 0 Å². The Kier molecular flexibility index (Phi) is 47.5. The van der Waals surface area contributed by atoms with Crippen LogP contribution in [-0.2, 0) is 28.6 Å². The van der Waals surface area contributed by atoms with Gasteiger partial charge >= 0.3 is 17.9 Å². The monoisotopic (exact) mass is 873 g/mol. The van der Waals surface area contributed by atoms with Crippen molar-refractivity contribution in [3.05, 3.63) is 109 Å². The van der Waals surface area contributed by atoms with Crippen LogP contribution in [0.4, 0.5) is 0 Å². The topological polar surface area (TPSA) is 78.9 Å². The second-order valence-electron chi connectivity index (χ2n) is 16.3. The van der Waals surface area contributed by atoms with Crippen molar-refractivity contribution in [1.82, 2.24) is 0 Å². The molecule has 0 N–H and O–H groups in total. The molecule has 0 radical (unpaired) electrons. The van der Waals surface area contributed by atoms with Crippen LogP contribution in [0.3, 0.4) is 0 Å². The molecule has 1 unspecified atom stereocenters. The number of allylic oxidation sites excluding steroid dienone is 18. The summed E-state index contributed by atoms with van der Waals surface area (Å²) in [5, 5.41) is 0. The molecule has 0 spiro atoms. The molecule has 0 aromatic heterocycles. The molecular weight excluding hydrogens is 781 g/mol. The highest BCUT2D eigenvalue weighted by atomic mass is 16.6. The maximum Gasteiger partial charge on any atom is 0.306 e. The van der Waals surface area contributed by atoms with Crippen molar-refractivity contribution in [3.63, 3.8) is 0 Å². The van der Waals surface area contributed by atoms with E-state index in [1.54, 1.807) is 0 Å². The van der Waals surface area contributed by atoms with E-state index in [1.165, 1.54) is 51.4 Å². The van der Waals surface area contributed by atoms with E-state index in [0.29, 0.717) is 19.3 Å². The molecular formula is C57H92O6. The zero-order valence-electron chi connectivity index (χ0n) is 40.5. The van der Waals surface area contributed by atoms with Crippen molar-refractivity contribution in [1.29, 1.82) is 0 Å². The van der Waals surface area contributed by atoms with Crippen molar-refractivity contribution >= 4 is 17.9 Å². The minimum atomic E-state index is -0.810. The largest absolute Gasteiger partial charge is 0.462 e. The lowest BCUT2D eigenvalue weighted by atomic mass is 10.1. The standard InChI is InChI=1S/C57H92O6/c1-4-7-10-13-16-19-21-23-25-27-28-30-31-33-35-38-41-44-47-50-56(59)62-53-54(52-61-55(58)49-46-43-40-37-18-15-12-9-6-3)63-57(60)51-48-45-42-39-36-34-32-29-26-24-22-20-17-14-11-8-5-2/h7,9-10,12,16-20,23-26,28,30,33,35,37,54H,4-6,8,11,13-15,21-22,27,29,31-32,34,36,38-53H2,1-3H3/b10-7-,12-9-,19-16-,20-17-,25-23-,26-24-,30-28-,35-33-,37-18-. The molecule has 0 aliphatic rings. The number of esters is 3. The van der Waals surface area contributed by atoms with Crippen LogP contribution in [0.5, 0.6) is 0 Å². The minimum absolute atomic E-state index is 0.111. The minimum Gasteiger partial charge on any atom is -0.462 e. The highest BCUT2D eigenvalue weighted by Gasteiger charge is 2.19. The van der Waals surface area contributed by atoms with Crippen molar-refractivity contribution in [2.45, 2.75) is 219 Å². The molecule has 6 nitrogen and oxygen atoms in total. The second kappa shape index (κ2) is 50.7. The third-order valence-corrected chi connectivity index (χ3v) is 10.2. The lowest BCUT2D eigenvalue weighted by molar-refractivity contribution is -0.167. The number of carbonyl (C=O) groups is 3. The smallest absolute Gasteiger partial charge is 0.306 e. The van der Waals surface area contributed by atoms with Crippen molar-refractivity contribution in [2.75, 3.05) is 13.2 Å². The van der Waals surface area contributed by atoms with Gasteiger partial charge in [0.2, 0.25) is 0 Å². The maximum atomic E-state index is 12.8. The summed E-state index contributed by atoms with van der Waals surface area (Å²) >= 11 is 0. The van der Waals surface area contributed by atoms with Gasteiger partial charge in [0.05, 0.1) is 0 Å². The van der Waals surface area contributed by atoms with Gasteiger partial charge in [0.15, 0.2) is 6.10 Å². The summed E-state index contributed by atoms with van der Waals surface area (Å²) in [6, 6.07) is 0. The van der Waals surface area contributed by atoms with Gasteiger partial charge in [-0.3, -0.25) is 14.4 Å². The Morgan fingerprint density at radius 2 is 0.619 bits per heavy atom. The number of ether oxygens (including phenoxy) is 3. The van der Waals surface area contributed by atoms with Gasteiger partial charge in [-0.2, -0.15) is 0 Å². The van der Waals surface area contributed by atoms with Gasteiger partial charge in [0.1, 0.15) is 13.2 Å². The Morgan fingerprint density at radius 1 is 0.333 bits per heavy atom. The van der Waals surface area contributed by atoms with E-state index in [0.717, 1.165) is 122 Å². The fourth-order valence-corrected chi connectivity index (χ4v) is 6.48. The summed E-state index contributed by atoms with van der Waals surface area (Å²) in [5.41, 5.74) is 0. The van der Waals surface area contributed by atoms with Crippen LogP contribution in [0.1, 0.15) is 213 Å². The van der Waals surface area contributed by atoms with E-state index < -0.39 is 6.10 Å². The van der Waals surface area contributed by atoms with Crippen LogP contribution in [0, 0.1) is 0 Å². The molecule has 6 heteroatoms. The fraction of sp³-hybridized carbons (Fsp3) is 0.632. The SMILES string of the molecule is CC/C=C\C/C=C\C/C=C\C/C=C\C/C=C\CCCCCC(=O)OCC(COC(=O)CCCC/C=C\C/C=C\CC)OC(=O)CCCCCCCCC/C=C\C/C=C\CCCCC. The Balaban J connectivity index is 4.44. The van der Waals surface area contributed by atoms with Gasteiger partial charge in [0.25, 0.3) is 0 Å². The first kappa shape index (κ1) is 59.1. The van der Waals surface area contributed by atoms with Crippen LogP contribution in [0.25, 0.3) is 0 Å². The zero-order valence-corrected chi connectivity index (χ0v) is 40.5. The summed E-state index contributed by atoms with van der Waals surface area (Å²) in [6.07, 6.45) is 68.0. The Morgan fingerprint density at radius 3 is 1.02 bits per heavy atom. The van der Waals surface area contributed by atoms with Crippen LogP contribution in [-0.4, -0.2) is 37.2 Å². The molecule has 0 heterocycles. The molecule has 1 atom stereocenters. The fourth-order valence-electron chi connectivity index (χ4n) is 6.48. The predicted octanol–water partition coefficient (Wildman–Crippen LogP) is 16.8. The molecule has 0 rings (SSSR count). The highest BCUT2D eigenvalue weighted by molar-refractivity contribution is 5.71. The first-order valence-corrected chi connectivity index (χ1v) is 25.4. The van der Waals surface area contributed by atoms with Gasteiger partial charge in [-0.25, -0.2) is 0 Å². The van der Waals surface area contributed by atoms with Crippen molar-refractivity contribution in [2.24, 2.45) is 0 Å². The average Bonchev–Trinajstić information content (AvgIpc) is 3.28. The summed E-state index contributed by atoms with van der Waals surface area (Å²) < 4.78 is 16.7. The van der Waals surface area contributed by atoms with E-state index >= 15 is 0 Å². The molecule has 0 aromatic carbocycles. The zero-order chi connectivity index (χ0) is 45.8. The highest BCUT2D eigenvalue weighted by Crippen LogP contribution is 2.13. The van der Waals surface area contributed by atoms with Gasteiger partial charge < -0.3 is 14.2 Å².